The monoisotopic (exact) mass is 527 g/mol. The normalized spacial score (nSPS) is 20.8. The van der Waals surface area contributed by atoms with E-state index in [1.807, 2.05) is 53.5 Å². The van der Waals surface area contributed by atoms with Gasteiger partial charge in [-0.1, -0.05) is 48.5 Å². The summed E-state index contributed by atoms with van der Waals surface area (Å²) in [5.74, 6) is -0.186. The first kappa shape index (κ1) is 23.8. The summed E-state index contributed by atoms with van der Waals surface area (Å²) in [5, 5.41) is 8.48. The SMILES string of the molecule is COc1cc(C2Oc3ccccc3C3CC(c4ccccc4)=NN32)ccc1OC(=O)/C=C1\SC(=O)NC1=O. The van der Waals surface area contributed by atoms with Gasteiger partial charge in [-0.3, -0.25) is 14.9 Å². The fourth-order valence-corrected chi connectivity index (χ4v) is 5.29. The molecule has 2 atom stereocenters. The molecule has 3 aliphatic heterocycles. The number of carbonyl (C=O) groups is 3. The molecule has 0 aliphatic carbocycles. The van der Waals surface area contributed by atoms with Crippen LogP contribution in [0.15, 0.2) is 88.9 Å². The van der Waals surface area contributed by atoms with Gasteiger partial charge in [0.1, 0.15) is 5.75 Å². The third-order valence-electron chi connectivity index (χ3n) is 6.38. The van der Waals surface area contributed by atoms with Crippen molar-refractivity contribution in [2.75, 3.05) is 7.11 Å². The number of rotatable bonds is 5. The number of para-hydroxylation sites is 1. The highest BCUT2D eigenvalue weighted by molar-refractivity contribution is 8.18. The number of nitrogens with zero attached hydrogens (tertiary/aromatic N) is 2. The molecule has 10 heteroatoms. The second-order valence-corrected chi connectivity index (χ2v) is 9.72. The topological polar surface area (TPSA) is 107 Å². The van der Waals surface area contributed by atoms with E-state index in [1.165, 1.54) is 7.11 Å². The summed E-state index contributed by atoms with van der Waals surface area (Å²) in [5.41, 5.74) is 3.85. The van der Waals surface area contributed by atoms with Gasteiger partial charge < -0.3 is 14.2 Å². The lowest BCUT2D eigenvalue weighted by Gasteiger charge is -2.38. The highest BCUT2D eigenvalue weighted by Gasteiger charge is 2.41. The zero-order valence-corrected chi connectivity index (χ0v) is 20.9. The zero-order valence-electron chi connectivity index (χ0n) is 20.1. The van der Waals surface area contributed by atoms with Crippen LogP contribution in [0.2, 0.25) is 0 Å². The predicted molar refractivity (Wildman–Crippen MR) is 140 cm³/mol. The number of fused-ring (bicyclic) bond motifs is 3. The number of hydrogen-bond acceptors (Lipinski definition) is 9. The lowest BCUT2D eigenvalue weighted by Crippen LogP contribution is -2.33. The number of thioether (sulfide) groups is 1. The van der Waals surface area contributed by atoms with E-state index < -0.39 is 23.3 Å². The number of hydrazone groups is 1. The smallest absolute Gasteiger partial charge is 0.337 e. The molecule has 38 heavy (non-hydrogen) atoms. The van der Waals surface area contributed by atoms with E-state index >= 15 is 0 Å². The Hall–Kier alpha value is -4.57. The van der Waals surface area contributed by atoms with Crippen LogP contribution in [-0.2, 0) is 9.59 Å². The van der Waals surface area contributed by atoms with Crippen LogP contribution in [0, 0.1) is 0 Å². The van der Waals surface area contributed by atoms with E-state index in [4.69, 9.17) is 19.3 Å². The van der Waals surface area contributed by atoms with E-state index in [0.717, 1.165) is 40.6 Å². The number of carbonyl (C=O) groups excluding carboxylic acids is 3. The molecular weight excluding hydrogens is 506 g/mol. The first-order chi connectivity index (χ1) is 18.5. The van der Waals surface area contributed by atoms with Crippen LogP contribution in [0.3, 0.4) is 0 Å². The number of methoxy groups -OCH3 is 1. The molecule has 0 spiro atoms. The Balaban J connectivity index is 1.31. The van der Waals surface area contributed by atoms with Crippen molar-refractivity contribution in [2.24, 2.45) is 5.10 Å². The molecule has 0 saturated carbocycles. The molecule has 2 unspecified atom stereocenters. The van der Waals surface area contributed by atoms with Crippen LogP contribution < -0.4 is 19.5 Å². The van der Waals surface area contributed by atoms with Crippen LogP contribution in [0.1, 0.15) is 35.4 Å². The highest BCUT2D eigenvalue weighted by Crippen LogP contribution is 2.48. The average molecular weight is 528 g/mol. The largest absolute Gasteiger partial charge is 0.493 e. The van der Waals surface area contributed by atoms with Crippen molar-refractivity contribution in [2.45, 2.75) is 18.7 Å². The van der Waals surface area contributed by atoms with Gasteiger partial charge >= 0.3 is 5.97 Å². The highest BCUT2D eigenvalue weighted by atomic mass is 32.2. The van der Waals surface area contributed by atoms with E-state index in [-0.39, 0.29) is 16.7 Å². The number of hydrogen-bond donors (Lipinski definition) is 1. The van der Waals surface area contributed by atoms with E-state index in [1.54, 1.807) is 18.2 Å². The van der Waals surface area contributed by atoms with Gasteiger partial charge in [-0.2, -0.15) is 5.10 Å². The predicted octanol–water partition coefficient (Wildman–Crippen LogP) is 4.71. The van der Waals surface area contributed by atoms with Gasteiger partial charge in [0.25, 0.3) is 11.1 Å². The van der Waals surface area contributed by atoms with Gasteiger partial charge in [-0.05, 0) is 41.6 Å². The van der Waals surface area contributed by atoms with Crippen molar-refractivity contribution < 1.29 is 28.6 Å². The number of amides is 2. The van der Waals surface area contributed by atoms with Crippen molar-refractivity contribution in [3.63, 3.8) is 0 Å². The molecule has 3 aromatic rings. The lowest BCUT2D eigenvalue weighted by molar-refractivity contribution is -0.129. The van der Waals surface area contributed by atoms with E-state index in [0.29, 0.717) is 17.5 Å². The maximum Gasteiger partial charge on any atom is 0.337 e. The van der Waals surface area contributed by atoms with Gasteiger partial charge in [0, 0.05) is 23.6 Å². The summed E-state index contributed by atoms with van der Waals surface area (Å²) in [7, 11) is 1.47. The first-order valence-electron chi connectivity index (χ1n) is 11.8. The van der Waals surface area contributed by atoms with Crippen molar-refractivity contribution in [1.82, 2.24) is 10.3 Å². The van der Waals surface area contributed by atoms with Gasteiger partial charge in [-0.25, -0.2) is 9.80 Å². The molecule has 3 aromatic carbocycles. The molecule has 190 valence electrons. The molecule has 1 fully saturated rings. The third kappa shape index (κ3) is 4.39. The van der Waals surface area contributed by atoms with Crippen molar-refractivity contribution in [1.29, 1.82) is 0 Å². The summed E-state index contributed by atoms with van der Waals surface area (Å²) in [6, 6.07) is 23.1. The number of nitrogens with one attached hydrogen (secondary N) is 1. The van der Waals surface area contributed by atoms with Crippen molar-refractivity contribution >= 4 is 34.6 Å². The zero-order chi connectivity index (χ0) is 26.2. The molecule has 6 rings (SSSR count). The number of esters is 1. The van der Waals surface area contributed by atoms with Crippen LogP contribution in [0.4, 0.5) is 4.79 Å². The number of imide groups is 1. The Morgan fingerprint density at radius 2 is 1.87 bits per heavy atom. The second kappa shape index (κ2) is 9.71. The number of ether oxygens (including phenoxy) is 3. The van der Waals surface area contributed by atoms with Crippen molar-refractivity contribution in [3.8, 4) is 17.2 Å². The van der Waals surface area contributed by atoms with E-state index in [9.17, 15) is 14.4 Å². The molecule has 2 amide bonds. The Labute approximate surface area is 222 Å². The minimum absolute atomic E-state index is 0.00644. The summed E-state index contributed by atoms with van der Waals surface area (Å²) in [4.78, 5) is 35.5. The first-order valence-corrected chi connectivity index (χ1v) is 12.6. The Morgan fingerprint density at radius 3 is 2.63 bits per heavy atom. The Bertz CT molecular complexity index is 1520. The third-order valence-corrected chi connectivity index (χ3v) is 7.19. The quantitative estimate of drug-likeness (QED) is 0.289. The van der Waals surface area contributed by atoms with Crippen LogP contribution in [0.5, 0.6) is 17.2 Å². The van der Waals surface area contributed by atoms with Gasteiger partial charge in [0.15, 0.2) is 11.5 Å². The summed E-state index contributed by atoms with van der Waals surface area (Å²) in [6.45, 7) is 0. The molecule has 1 saturated heterocycles. The number of benzene rings is 3. The maximum absolute atomic E-state index is 12.4. The minimum Gasteiger partial charge on any atom is -0.493 e. The fourth-order valence-electron chi connectivity index (χ4n) is 4.65. The molecule has 1 N–H and O–H groups in total. The van der Waals surface area contributed by atoms with Crippen LogP contribution in [-0.4, -0.2) is 34.9 Å². The summed E-state index contributed by atoms with van der Waals surface area (Å²) < 4.78 is 17.3. The summed E-state index contributed by atoms with van der Waals surface area (Å²) >= 11 is 0.640. The standard InChI is InChI=1S/C28H21N3O6S/c1-35-23-13-17(11-12-22(23)36-25(32)15-24-26(33)29-28(34)38-24)27-31-20(18-9-5-6-10-21(18)37-27)14-19(30-31)16-7-3-2-4-8-16/h2-13,15,20,27H,14H2,1H3,(H,29,33,34)/b24-15-. The van der Waals surface area contributed by atoms with E-state index in [2.05, 4.69) is 11.4 Å². The van der Waals surface area contributed by atoms with Gasteiger partial charge in [0.05, 0.1) is 23.8 Å². The Kier molecular flexibility index (Phi) is 6.09. The average Bonchev–Trinajstić information content (AvgIpc) is 3.52. The molecule has 3 aliphatic rings. The van der Waals surface area contributed by atoms with Crippen LogP contribution in [0.25, 0.3) is 0 Å². The fraction of sp³-hybridized carbons (Fsp3) is 0.143. The molecule has 0 aromatic heterocycles. The molecule has 3 heterocycles. The molecule has 0 bridgehead atoms. The lowest BCUT2D eigenvalue weighted by atomic mass is 9.96. The van der Waals surface area contributed by atoms with Gasteiger partial charge in [-0.15, -0.1) is 0 Å². The summed E-state index contributed by atoms with van der Waals surface area (Å²) in [6.07, 6.45) is 1.17. The molecular formula is C28H21N3O6S. The minimum atomic E-state index is -0.803. The molecule has 0 radical (unpaired) electrons. The Morgan fingerprint density at radius 1 is 1.08 bits per heavy atom. The second-order valence-electron chi connectivity index (χ2n) is 8.70. The maximum atomic E-state index is 12.4. The van der Waals surface area contributed by atoms with Crippen LogP contribution >= 0.6 is 11.8 Å². The molecule has 9 nitrogen and oxygen atoms in total. The van der Waals surface area contributed by atoms with Crippen molar-refractivity contribution in [3.05, 3.63) is 100 Å². The van der Waals surface area contributed by atoms with Gasteiger partial charge in [0.2, 0.25) is 6.23 Å².